The van der Waals surface area contributed by atoms with Crippen molar-refractivity contribution in [3.05, 3.63) is 35.9 Å². The Bertz CT molecular complexity index is 498. The van der Waals surface area contributed by atoms with Crippen LogP contribution in [0.25, 0.3) is 0 Å². The summed E-state index contributed by atoms with van der Waals surface area (Å²) in [5.74, 6) is -1.25. The van der Waals surface area contributed by atoms with E-state index in [1.165, 1.54) is 6.92 Å². The quantitative estimate of drug-likeness (QED) is 0.780. The molecule has 1 aromatic carbocycles. The Morgan fingerprint density at radius 3 is 2.33 bits per heavy atom. The highest BCUT2D eigenvalue weighted by Gasteiger charge is 2.21. The largest absolute Gasteiger partial charge is 0.448 e. The lowest BCUT2D eigenvalue weighted by atomic mass is 10.1. The zero-order chi connectivity index (χ0) is 15.8. The molecule has 0 fully saturated rings. The lowest BCUT2D eigenvalue weighted by Crippen LogP contribution is -2.35. The van der Waals surface area contributed by atoms with Gasteiger partial charge in [0.25, 0.3) is 0 Å². The van der Waals surface area contributed by atoms with Gasteiger partial charge in [0.15, 0.2) is 11.9 Å². The molecule has 114 valence electrons. The number of nitrogens with one attached hydrogen (secondary N) is 1. The predicted molar refractivity (Wildman–Crippen MR) is 78.4 cm³/mol. The van der Waals surface area contributed by atoms with E-state index in [0.29, 0.717) is 12.0 Å². The zero-order valence-corrected chi connectivity index (χ0v) is 12.6. The number of rotatable bonds is 7. The fraction of sp³-hybridized carbons (Fsp3) is 0.438. The number of carbonyl (C=O) groups is 3. The van der Waals surface area contributed by atoms with Crippen molar-refractivity contribution in [3.63, 3.8) is 0 Å². The van der Waals surface area contributed by atoms with Gasteiger partial charge < -0.3 is 10.1 Å². The Morgan fingerprint density at radius 1 is 1.19 bits per heavy atom. The van der Waals surface area contributed by atoms with Gasteiger partial charge in [-0.3, -0.25) is 14.4 Å². The Morgan fingerprint density at radius 2 is 1.81 bits per heavy atom. The maximum atomic E-state index is 11.8. The van der Waals surface area contributed by atoms with Gasteiger partial charge in [0.05, 0.1) is 0 Å². The zero-order valence-electron chi connectivity index (χ0n) is 12.6. The summed E-state index contributed by atoms with van der Waals surface area (Å²) in [5.41, 5.74) is 0.617. The van der Waals surface area contributed by atoms with Gasteiger partial charge in [-0.1, -0.05) is 44.2 Å². The Labute approximate surface area is 124 Å². The predicted octanol–water partition coefficient (Wildman–Crippen LogP) is 2.02. The van der Waals surface area contributed by atoms with E-state index in [-0.39, 0.29) is 24.2 Å². The molecule has 1 aromatic rings. The van der Waals surface area contributed by atoms with E-state index in [0.717, 1.165) is 0 Å². The molecule has 1 rings (SSSR count). The van der Waals surface area contributed by atoms with Crippen LogP contribution in [0.3, 0.4) is 0 Å². The van der Waals surface area contributed by atoms with Crippen LogP contribution in [0.15, 0.2) is 30.3 Å². The molecular formula is C16H21NO4. The molecule has 21 heavy (non-hydrogen) atoms. The SMILES string of the molecule is CC[C@H](C)C(=O)NCC(=O)OC(C(C)=O)c1ccccc1. The molecular weight excluding hydrogens is 270 g/mol. The number of Topliss-reactive ketones (excluding diaryl/α,β-unsaturated/α-hetero) is 1. The minimum Gasteiger partial charge on any atom is -0.448 e. The molecule has 0 heterocycles. The second kappa shape index (κ2) is 8.19. The molecule has 1 N–H and O–H groups in total. The Balaban J connectivity index is 2.59. The van der Waals surface area contributed by atoms with Crippen LogP contribution < -0.4 is 5.32 Å². The summed E-state index contributed by atoms with van der Waals surface area (Å²) in [4.78, 5) is 34.9. The van der Waals surface area contributed by atoms with Crippen LogP contribution in [0.2, 0.25) is 0 Å². The number of amides is 1. The number of hydrogen-bond acceptors (Lipinski definition) is 4. The molecule has 1 unspecified atom stereocenters. The summed E-state index contributed by atoms with van der Waals surface area (Å²) in [6.45, 7) is 4.80. The maximum Gasteiger partial charge on any atom is 0.326 e. The fourth-order valence-corrected chi connectivity index (χ4v) is 1.71. The minimum absolute atomic E-state index is 0.157. The van der Waals surface area contributed by atoms with E-state index >= 15 is 0 Å². The minimum atomic E-state index is -0.931. The van der Waals surface area contributed by atoms with Gasteiger partial charge in [-0.25, -0.2) is 0 Å². The van der Waals surface area contributed by atoms with Gasteiger partial charge in [-0.2, -0.15) is 0 Å². The normalized spacial score (nSPS) is 13.1. The van der Waals surface area contributed by atoms with Gasteiger partial charge in [0.1, 0.15) is 6.54 Å². The lowest BCUT2D eigenvalue weighted by molar-refractivity contribution is -0.154. The van der Waals surface area contributed by atoms with E-state index in [1.54, 1.807) is 31.2 Å². The standard InChI is InChI=1S/C16H21NO4/c1-4-11(2)16(20)17-10-14(19)21-15(12(3)18)13-8-6-5-7-9-13/h5-9,11,15H,4,10H2,1-3H3,(H,17,20)/t11-,15?/m0/s1. The van der Waals surface area contributed by atoms with Crippen molar-refractivity contribution in [2.75, 3.05) is 6.54 Å². The van der Waals surface area contributed by atoms with Gasteiger partial charge in [-0.15, -0.1) is 0 Å². The van der Waals surface area contributed by atoms with E-state index in [4.69, 9.17) is 4.74 Å². The molecule has 0 aromatic heterocycles. The molecule has 2 atom stereocenters. The Hall–Kier alpha value is -2.17. The molecule has 0 spiro atoms. The molecule has 0 aliphatic carbocycles. The third kappa shape index (κ3) is 5.38. The van der Waals surface area contributed by atoms with Crippen LogP contribution in [0.5, 0.6) is 0 Å². The molecule has 0 aliphatic heterocycles. The summed E-state index contributed by atoms with van der Waals surface area (Å²) in [7, 11) is 0. The van der Waals surface area contributed by atoms with E-state index in [9.17, 15) is 14.4 Å². The van der Waals surface area contributed by atoms with Gasteiger partial charge in [-0.05, 0) is 18.9 Å². The highest BCUT2D eigenvalue weighted by atomic mass is 16.5. The number of benzene rings is 1. The maximum absolute atomic E-state index is 11.8. The van der Waals surface area contributed by atoms with Gasteiger partial charge in [0, 0.05) is 5.92 Å². The second-order valence-corrected chi connectivity index (χ2v) is 4.92. The monoisotopic (exact) mass is 291 g/mol. The summed E-state index contributed by atoms with van der Waals surface area (Å²) < 4.78 is 5.16. The first-order valence-corrected chi connectivity index (χ1v) is 6.98. The molecule has 5 heteroatoms. The van der Waals surface area contributed by atoms with E-state index in [2.05, 4.69) is 5.32 Å². The number of esters is 1. The first kappa shape index (κ1) is 16.9. The van der Waals surface area contributed by atoms with Gasteiger partial charge in [0.2, 0.25) is 5.91 Å². The number of carbonyl (C=O) groups excluding carboxylic acids is 3. The molecule has 0 saturated carbocycles. The molecule has 1 amide bonds. The number of hydrogen-bond donors (Lipinski definition) is 1. The van der Waals surface area contributed by atoms with Crippen molar-refractivity contribution in [2.24, 2.45) is 5.92 Å². The Kier molecular flexibility index (Phi) is 6.59. The smallest absolute Gasteiger partial charge is 0.326 e. The van der Waals surface area contributed by atoms with Crippen LogP contribution >= 0.6 is 0 Å². The van der Waals surface area contributed by atoms with E-state index < -0.39 is 12.1 Å². The van der Waals surface area contributed by atoms with Crippen LogP contribution in [0.1, 0.15) is 38.9 Å². The van der Waals surface area contributed by atoms with Crippen molar-refractivity contribution in [1.29, 1.82) is 0 Å². The first-order valence-electron chi connectivity index (χ1n) is 6.98. The van der Waals surface area contributed by atoms with Gasteiger partial charge >= 0.3 is 5.97 Å². The third-order valence-corrected chi connectivity index (χ3v) is 3.19. The molecule has 0 saturated heterocycles. The summed E-state index contributed by atoms with van der Waals surface area (Å²) in [5, 5.41) is 2.50. The van der Waals surface area contributed by atoms with Crippen LogP contribution in [0, 0.1) is 5.92 Å². The highest BCUT2D eigenvalue weighted by Crippen LogP contribution is 2.18. The van der Waals surface area contributed by atoms with Crippen molar-refractivity contribution in [3.8, 4) is 0 Å². The topological polar surface area (TPSA) is 72.5 Å². The second-order valence-electron chi connectivity index (χ2n) is 4.92. The average Bonchev–Trinajstić information content (AvgIpc) is 2.49. The van der Waals surface area contributed by atoms with E-state index in [1.807, 2.05) is 13.0 Å². The third-order valence-electron chi connectivity index (χ3n) is 3.19. The van der Waals surface area contributed by atoms with Crippen molar-refractivity contribution < 1.29 is 19.1 Å². The number of ketones is 1. The van der Waals surface area contributed by atoms with Crippen LogP contribution in [0.4, 0.5) is 0 Å². The summed E-state index contributed by atoms with van der Waals surface area (Å²) >= 11 is 0. The highest BCUT2D eigenvalue weighted by molar-refractivity contribution is 5.87. The lowest BCUT2D eigenvalue weighted by Gasteiger charge is -2.16. The van der Waals surface area contributed by atoms with Crippen LogP contribution in [-0.4, -0.2) is 24.2 Å². The number of ether oxygens (including phenoxy) is 1. The average molecular weight is 291 g/mol. The molecule has 5 nitrogen and oxygen atoms in total. The molecule has 0 aliphatic rings. The van der Waals surface area contributed by atoms with Crippen LogP contribution in [-0.2, 0) is 19.1 Å². The van der Waals surface area contributed by atoms with Crippen molar-refractivity contribution >= 4 is 17.7 Å². The molecule has 0 bridgehead atoms. The van der Waals surface area contributed by atoms with Crippen molar-refractivity contribution in [1.82, 2.24) is 5.32 Å². The summed E-state index contributed by atoms with van der Waals surface area (Å²) in [6.07, 6.45) is -0.236. The first-order chi connectivity index (χ1) is 9.95. The molecule has 0 radical (unpaired) electrons. The fourth-order valence-electron chi connectivity index (χ4n) is 1.71. The summed E-state index contributed by atoms with van der Waals surface area (Å²) in [6, 6.07) is 8.79. The van der Waals surface area contributed by atoms with Crippen molar-refractivity contribution in [2.45, 2.75) is 33.3 Å².